The van der Waals surface area contributed by atoms with Gasteiger partial charge in [-0.3, -0.25) is 9.59 Å². The van der Waals surface area contributed by atoms with Gasteiger partial charge in [-0.2, -0.15) is 0 Å². The molecule has 140 valence electrons. The lowest BCUT2D eigenvalue weighted by molar-refractivity contribution is -0.158. The normalized spacial score (nSPS) is 20.4. The molecule has 0 spiro atoms. The molecular formula is C20H36O4. The summed E-state index contributed by atoms with van der Waals surface area (Å²) < 4.78 is 10.4. The van der Waals surface area contributed by atoms with Crippen molar-refractivity contribution in [1.29, 1.82) is 0 Å². The molecule has 1 saturated carbocycles. The van der Waals surface area contributed by atoms with Crippen molar-refractivity contribution < 1.29 is 19.1 Å². The third kappa shape index (κ3) is 6.19. The smallest absolute Gasteiger partial charge is 0.311 e. The number of hydrogen-bond donors (Lipinski definition) is 0. The highest BCUT2D eigenvalue weighted by Crippen LogP contribution is 2.42. The lowest BCUT2D eigenvalue weighted by Crippen LogP contribution is -2.34. The second-order valence-electron chi connectivity index (χ2n) is 7.80. The van der Waals surface area contributed by atoms with Crippen LogP contribution in [0.15, 0.2) is 0 Å². The van der Waals surface area contributed by atoms with E-state index in [9.17, 15) is 9.59 Å². The van der Waals surface area contributed by atoms with Crippen molar-refractivity contribution in [2.45, 2.75) is 72.6 Å². The predicted molar refractivity (Wildman–Crippen MR) is 95.8 cm³/mol. The standard InChI is InChI=1S/C20H36O4/c1-6-20(4,19(22)24-12-11-23-5)14-18(13-15(2)16(3)21)17-9-7-8-10-17/h15,17-18H,6-14H2,1-5H3. The van der Waals surface area contributed by atoms with Crippen LogP contribution in [0.1, 0.15) is 72.6 Å². The number of ether oxygens (including phenoxy) is 2. The number of rotatable bonds is 11. The van der Waals surface area contributed by atoms with Crippen molar-refractivity contribution in [3.8, 4) is 0 Å². The van der Waals surface area contributed by atoms with Crippen LogP contribution in [-0.4, -0.2) is 32.1 Å². The Morgan fingerprint density at radius 3 is 2.33 bits per heavy atom. The van der Waals surface area contributed by atoms with Crippen LogP contribution in [-0.2, 0) is 19.1 Å². The molecule has 0 aromatic heterocycles. The number of hydrogen-bond acceptors (Lipinski definition) is 4. The summed E-state index contributed by atoms with van der Waals surface area (Å²) in [5.74, 6) is 1.26. The van der Waals surface area contributed by atoms with Crippen LogP contribution in [0.4, 0.5) is 0 Å². The fourth-order valence-electron chi connectivity index (χ4n) is 3.83. The van der Waals surface area contributed by atoms with Crippen LogP contribution in [0.25, 0.3) is 0 Å². The maximum Gasteiger partial charge on any atom is 0.311 e. The zero-order chi connectivity index (χ0) is 18.2. The van der Waals surface area contributed by atoms with Crippen molar-refractivity contribution in [3.05, 3.63) is 0 Å². The molecule has 0 heterocycles. The summed E-state index contributed by atoms with van der Waals surface area (Å²) in [5, 5.41) is 0. The van der Waals surface area contributed by atoms with E-state index in [2.05, 4.69) is 6.92 Å². The van der Waals surface area contributed by atoms with Gasteiger partial charge in [-0.25, -0.2) is 0 Å². The van der Waals surface area contributed by atoms with E-state index in [0.29, 0.717) is 25.0 Å². The zero-order valence-electron chi connectivity index (χ0n) is 16.2. The summed E-state index contributed by atoms with van der Waals surface area (Å²) in [4.78, 5) is 24.3. The first-order chi connectivity index (χ1) is 11.3. The minimum Gasteiger partial charge on any atom is -0.463 e. The van der Waals surface area contributed by atoms with Gasteiger partial charge in [0.2, 0.25) is 0 Å². The summed E-state index contributed by atoms with van der Waals surface area (Å²) in [7, 11) is 1.60. The number of methoxy groups -OCH3 is 1. The Hall–Kier alpha value is -0.900. The molecular weight excluding hydrogens is 304 g/mol. The third-order valence-corrected chi connectivity index (χ3v) is 5.92. The van der Waals surface area contributed by atoms with Gasteiger partial charge in [0.1, 0.15) is 12.4 Å². The first-order valence-corrected chi connectivity index (χ1v) is 9.50. The SMILES string of the molecule is CCC(C)(CC(CC(C)C(C)=O)C1CCCC1)C(=O)OCCOC. The monoisotopic (exact) mass is 340 g/mol. The topological polar surface area (TPSA) is 52.6 Å². The van der Waals surface area contributed by atoms with Gasteiger partial charge < -0.3 is 9.47 Å². The van der Waals surface area contributed by atoms with Crippen molar-refractivity contribution >= 4 is 11.8 Å². The average Bonchev–Trinajstić information content (AvgIpc) is 3.08. The molecule has 1 aliphatic rings. The lowest BCUT2D eigenvalue weighted by Gasteiger charge is -2.34. The first kappa shape index (κ1) is 21.1. The molecule has 0 aliphatic heterocycles. The number of carbonyl (C=O) groups excluding carboxylic acids is 2. The molecule has 0 saturated heterocycles. The molecule has 4 heteroatoms. The summed E-state index contributed by atoms with van der Waals surface area (Å²) in [6, 6.07) is 0. The molecule has 0 radical (unpaired) electrons. The molecule has 24 heavy (non-hydrogen) atoms. The highest BCUT2D eigenvalue weighted by molar-refractivity contribution is 5.78. The minimum absolute atomic E-state index is 0.0706. The van der Waals surface area contributed by atoms with Crippen LogP contribution in [0.2, 0.25) is 0 Å². The Labute approximate surface area is 147 Å². The van der Waals surface area contributed by atoms with E-state index in [0.717, 1.165) is 19.3 Å². The largest absolute Gasteiger partial charge is 0.463 e. The van der Waals surface area contributed by atoms with Gasteiger partial charge in [0.05, 0.1) is 12.0 Å². The summed E-state index contributed by atoms with van der Waals surface area (Å²) >= 11 is 0. The van der Waals surface area contributed by atoms with E-state index in [1.54, 1.807) is 14.0 Å². The van der Waals surface area contributed by atoms with Crippen LogP contribution in [0.5, 0.6) is 0 Å². The van der Waals surface area contributed by atoms with Gasteiger partial charge in [0.15, 0.2) is 0 Å². The number of esters is 1. The van der Waals surface area contributed by atoms with E-state index in [4.69, 9.17) is 9.47 Å². The number of ketones is 1. The Morgan fingerprint density at radius 2 is 1.83 bits per heavy atom. The Kier molecular flexibility index (Phi) is 8.96. The highest BCUT2D eigenvalue weighted by atomic mass is 16.6. The molecule has 0 amide bonds. The second-order valence-corrected chi connectivity index (χ2v) is 7.80. The maximum atomic E-state index is 12.6. The number of Topliss-reactive ketones (excluding diaryl/α,β-unsaturated/α-hetero) is 1. The van der Waals surface area contributed by atoms with Gasteiger partial charge in [0.25, 0.3) is 0 Å². The van der Waals surface area contributed by atoms with E-state index in [1.807, 2.05) is 13.8 Å². The predicted octanol–water partition coefficient (Wildman–Crippen LogP) is 4.40. The second kappa shape index (κ2) is 10.2. The van der Waals surface area contributed by atoms with E-state index < -0.39 is 5.41 Å². The molecule has 0 aromatic rings. The fourth-order valence-corrected chi connectivity index (χ4v) is 3.83. The van der Waals surface area contributed by atoms with Crippen LogP contribution in [0, 0.1) is 23.2 Å². The van der Waals surface area contributed by atoms with Gasteiger partial charge >= 0.3 is 5.97 Å². The Morgan fingerprint density at radius 1 is 1.21 bits per heavy atom. The first-order valence-electron chi connectivity index (χ1n) is 9.50. The number of carbonyl (C=O) groups is 2. The summed E-state index contributed by atoms with van der Waals surface area (Å²) in [6.45, 7) is 8.50. The van der Waals surface area contributed by atoms with Crippen molar-refractivity contribution in [1.82, 2.24) is 0 Å². The molecule has 0 bridgehead atoms. The summed E-state index contributed by atoms with van der Waals surface area (Å²) in [6.07, 6.45) is 7.48. The highest BCUT2D eigenvalue weighted by Gasteiger charge is 2.39. The van der Waals surface area contributed by atoms with Crippen LogP contribution in [0.3, 0.4) is 0 Å². The van der Waals surface area contributed by atoms with Crippen molar-refractivity contribution in [3.63, 3.8) is 0 Å². The minimum atomic E-state index is -0.475. The third-order valence-electron chi connectivity index (χ3n) is 5.92. The van der Waals surface area contributed by atoms with Gasteiger partial charge in [-0.05, 0) is 44.9 Å². The van der Waals surface area contributed by atoms with E-state index >= 15 is 0 Å². The van der Waals surface area contributed by atoms with Crippen molar-refractivity contribution in [2.24, 2.45) is 23.2 Å². The molecule has 1 aliphatic carbocycles. The van der Waals surface area contributed by atoms with Crippen LogP contribution >= 0.6 is 0 Å². The fraction of sp³-hybridized carbons (Fsp3) is 0.900. The molecule has 1 rings (SSSR count). The zero-order valence-corrected chi connectivity index (χ0v) is 16.2. The quantitative estimate of drug-likeness (QED) is 0.413. The lowest BCUT2D eigenvalue weighted by atomic mass is 9.71. The molecule has 0 aromatic carbocycles. The Bertz CT molecular complexity index is 400. The van der Waals surface area contributed by atoms with E-state index in [-0.39, 0.29) is 17.7 Å². The molecule has 4 nitrogen and oxygen atoms in total. The van der Waals surface area contributed by atoms with Gasteiger partial charge in [-0.1, -0.05) is 39.5 Å². The molecule has 1 fully saturated rings. The molecule has 3 atom stereocenters. The molecule has 0 N–H and O–H groups in total. The average molecular weight is 341 g/mol. The van der Waals surface area contributed by atoms with E-state index in [1.165, 1.54) is 25.7 Å². The summed E-state index contributed by atoms with van der Waals surface area (Å²) in [5.41, 5.74) is -0.475. The molecule has 3 unspecified atom stereocenters. The Balaban J connectivity index is 2.79. The maximum absolute atomic E-state index is 12.6. The van der Waals surface area contributed by atoms with Gasteiger partial charge in [0, 0.05) is 13.0 Å². The van der Waals surface area contributed by atoms with Gasteiger partial charge in [-0.15, -0.1) is 0 Å². The van der Waals surface area contributed by atoms with Crippen LogP contribution < -0.4 is 0 Å². The van der Waals surface area contributed by atoms with Crippen molar-refractivity contribution in [2.75, 3.05) is 20.3 Å².